The smallest absolute Gasteiger partial charge is 0.157 e. The molecule has 21 aromatic rings. The van der Waals surface area contributed by atoms with Crippen molar-refractivity contribution in [3.63, 3.8) is 0 Å². The highest BCUT2D eigenvalue weighted by atomic mass is 32.1. The zero-order chi connectivity index (χ0) is 67.8. The number of nitrogens with zero attached hydrogens (tertiary/aromatic N) is 4. The molecule has 0 bridgehead atoms. The van der Waals surface area contributed by atoms with Crippen LogP contribution < -0.4 is 0 Å². The third-order valence-electron chi connectivity index (χ3n) is 18.0. The van der Waals surface area contributed by atoms with Gasteiger partial charge in [0.1, 0.15) is 5.52 Å². The molecule has 480 valence electrons. The summed E-state index contributed by atoms with van der Waals surface area (Å²) in [5, 5.41) is 23.5. The Balaban J connectivity index is 0.0000000947. The minimum absolute atomic E-state index is 0.852. The molecule has 0 saturated heterocycles. The third-order valence-corrected chi connectivity index (χ3v) is 18.8. The van der Waals surface area contributed by atoms with E-state index in [9.17, 15) is 0 Å². The van der Waals surface area contributed by atoms with Crippen molar-refractivity contribution in [3.8, 4) is 0 Å². The highest BCUT2D eigenvalue weighted by Gasteiger charge is 2.09. The molecule has 0 unspecified atom stereocenters. The number of aromatic nitrogens is 5. The molecule has 4 aromatic heterocycles. The molecule has 0 radical (unpaired) electrons. The van der Waals surface area contributed by atoms with Crippen molar-refractivity contribution in [2.24, 2.45) is 0 Å². The molecule has 1 N–H and O–H groups in total. The van der Waals surface area contributed by atoms with Crippen LogP contribution in [0.25, 0.3) is 146 Å². The number of pyridine rings is 1. The highest BCUT2D eigenvalue weighted by molar-refractivity contribution is 7.16. The molecular weight excluding hydrogens is 1240 g/mol. The third kappa shape index (κ3) is 15.0. The Morgan fingerprint density at radius 3 is 1.14 bits per heavy atom. The first-order valence-electron chi connectivity index (χ1n) is 34.0. The van der Waals surface area contributed by atoms with Crippen LogP contribution in [0.1, 0.15) is 11.1 Å². The van der Waals surface area contributed by atoms with Crippen LogP contribution in [0.5, 0.6) is 0 Å². The van der Waals surface area contributed by atoms with Crippen molar-refractivity contribution in [2.75, 3.05) is 0 Å². The summed E-state index contributed by atoms with van der Waals surface area (Å²) in [5.74, 6) is 0. The first-order valence-corrected chi connectivity index (χ1v) is 34.9. The van der Waals surface area contributed by atoms with Crippen LogP contribution >= 0.6 is 11.3 Å². The fourth-order valence-electron chi connectivity index (χ4n) is 13.0. The molecular formula is C95H69N5S. The first-order chi connectivity index (χ1) is 50.1. The molecule has 1 aliphatic carbocycles. The molecule has 22 rings (SSSR count). The maximum absolute atomic E-state index is 4.67. The monoisotopic (exact) mass is 1310 g/mol. The fraction of sp³-hybridized carbons (Fsp3) is 0.0105. The summed E-state index contributed by atoms with van der Waals surface area (Å²) in [4.78, 5) is 20.9. The number of fused-ring (bicyclic) bond motifs is 19. The number of rotatable bonds is 0. The zero-order valence-corrected chi connectivity index (χ0v) is 56.3. The molecule has 0 fully saturated rings. The van der Waals surface area contributed by atoms with E-state index in [1.807, 2.05) is 96.6 Å². The van der Waals surface area contributed by atoms with Gasteiger partial charge in [-0.3, -0.25) is 4.98 Å². The lowest BCUT2D eigenvalue weighted by Gasteiger charge is -2.09. The molecule has 5 nitrogen and oxygen atoms in total. The number of thiazole rings is 1. The number of H-pyrrole nitrogens is 1. The normalized spacial score (nSPS) is 11.1. The second-order valence-electron chi connectivity index (χ2n) is 24.4. The number of nitrogens with one attached hydrogen (secondary N) is 1. The molecule has 0 saturated carbocycles. The van der Waals surface area contributed by atoms with Crippen LogP contribution in [-0.2, 0) is 6.42 Å². The standard InChI is InChI=1S/C18H12.C14H9N3.2C14H10.C10H8.C9H7N.C9H8.C7H5NS/c1-2-8-14-13(7-1)15-9-3-4-11-17(15)18-12-6-5-10-16(14)18;1-2-6-10-9(5-1)13-14(16-10)17-12-8-4-3-7-11(12)15-13;1-3-7-13-11(5-1)9-10-12-6-2-4-8-14(12)13;1-2-6-12-10-14-8-4-3-7-13(14)9-11(12)5-1;1-2-6-10-8-4-3-7-9(10)5-1;1-2-6-9-8(4-1)5-3-7-10-9;1-2-5-9-7-3-6-8(9)4-1;1-2-4-7-6(3-1)8-5-9-7/h1-12H;1-8H,(H,16,17);2*1-10H;1-8H;1-7H;1-6H,7H2;1-5H. The van der Waals surface area contributed by atoms with Gasteiger partial charge in [-0.2, -0.15) is 0 Å². The van der Waals surface area contributed by atoms with Gasteiger partial charge in [0.05, 0.1) is 32.3 Å². The van der Waals surface area contributed by atoms with E-state index in [0.29, 0.717) is 0 Å². The lowest BCUT2D eigenvalue weighted by Crippen LogP contribution is -1.84. The van der Waals surface area contributed by atoms with Gasteiger partial charge in [-0.25, -0.2) is 15.0 Å². The van der Waals surface area contributed by atoms with Gasteiger partial charge in [0, 0.05) is 22.5 Å². The van der Waals surface area contributed by atoms with E-state index in [1.54, 1.807) is 11.3 Å². The summed E-state index contributed by atoms with van der Waals surface area (Å²) in [6, 6.07) is 130. The number of allylic oxidation sites excluding steroid dienone is 1. The van der Waals surface area contributed by atoms with Crippen LogP contribution in [-0.4, -0.2) is 24.9 Å². The van der Waals surface area contributed by atoms with Gasteiger partial charge >= 0.3 is 0 Å². The molecule has 101 heavy (non-hydrogen) atoms. The quantitative estimate of drug-likeness (QED) is 0.121. The summed E-state index contributed by atoms with van der Waals surface area (Å²) in [6.45, 7) is 0. The maximum Gasteiger partial charge on any atom is 0.157 e. The number of para-hydroxylation sites is 5. The molecule has 17 aromatic carbocycles. The van der Waals surface area contributed by atoms with Crippen LogP contribution in [0.4, 0.5) is 0 Å². The molecule has 6 heteroatoms. The van der Waals surface area contributed by atoms with Gasteiger partial charge in [0.2, 0.25) is 0 Å². The van der Waals surface area contributed by atoms with Gasteiger partial charge in [0.25, 0.3) is 0 Å². The van der Waals surface area contributed by atoms with Crippen molar-refractivity contribution in [1.82, 2.24) is 24.9 Å². The fourth-order valence-corrected chi connectivity index (χ4v) is 13.7. The Morgan fingerprint density at radius 2 is 0.644 bits per heavy atom. The Hall–Kier alpha value is -13.0. The van der Waals surface area contributed by atoms with Crippen molar-refractivity contribution in [3.05, 3.63) is 405 Å². The maximum atomic E-state index is 4.67. The van der Waals surface area contributed by atoms with E-state index in [1.165, 1.54) is 107 Å². The highest BCUT2D eigenvalue weighted by Crippen LogP contribution is 2.35. The zero-order valence-electron chi connectivity index (χ0n) is 55.5. The average molecular weight is 1310 g/mol. The van der Waals surface area contributed by atoms with Crippen molar-refractivity contribution in [1.29, 1.82) is 0 Å². The van der Waals surface area contributed by atoms with Crippen LogP contribution in [0, 0.1) is 0 Å². The van der Waals surface area contributed by atoms with Crippen molar-refractivity contribution < 1.29 is 0 Å². The second-order valence-corrected chi connectivity index (χ2v) is 25.3. The molecule has 1 aliphatic rings. The molecule has 0 amide bonds. The minimum Gasteiger partial charge on any atom is -0.338 e. The predicted molar refractivity (Wildman–Crippen MR) is 435 cm³/mol. The summed E-state index contributed by atoms with van der Waals surface area (Å²) in [6.07, 6.45) is 7.30. The average Bonchev–Trinajstić information content (AvgIpc) is 1.64. The Labute approximate surface area is 590 Å². The predicted octanol–water partition coefficient (Wildman–Crippen LogP) is 26.0. The van der Waals surface area contributed by atoms with E-state index in [4.69, 9.17) is 0 Å². The number of benzene rings is 17. The van der Waals surface area contributed by atoms with E-state index in [2.05, 4.69) is 328 Å². The lowest BCUT2D eigenvalue weighted by molar-refractivity contribution is 1.31. The van der Waals surface area contributed by atoms with Crippen LogP contribution in [0.15, 0.2) is 394 Å². The number of hydrogen-bond acceptors (Lipinski definition) is 5. The second kappa shape index (κ2) is 31.0. The van der Waals surface area contributed by atoms with E-state index < -0.39 is 0 Å². The summed E-state index contributed by atoms with van der Waals surface area (Å²) in [5.41, 5.74) is 11.6. The molecule has 4 heterocycles. The SMILES string of the molecule is C1=Cc2ccccc2C1.c1ccc2c(c1)c1ccccc1c1ccccc21.c1ccc2c(c1)ccc1ccccc12.c1ccc2cc3ccccc3cc2c1.c1ccc2ccccc2c1.c1ccc2nc3c(nc2c1)[nH]c1ccccc13.c1ccc2ncccc2c1.c1ccc2scnc2c1. The Bertz CT molecular complexity index is 5790. The number of aromatic amines is 1. The molecule has 0 spiro atoms. The topological polar surface area (TPSA) is 67.3 Å². The van der Waals surface area contributed by atoms with Crippen molar-refractivity contribution >= 4 is 158 Å². The largest absolute Gasteiger partial charge is 0.338 e. The van der Waals surface area contributed by atoms with Crippen LogP contribution in [0.3, 0.4) is 0 Å². The van der Waals surface area contributed by atoms with E-state index in [0.717, 1.165) is 50.6 Å². The van der Waals surface area contributed by atoms with Gasteiger partial charge in [0.15, 0.2) is 5.65 Å². The van der Waals surface area contributed by atoms with E-state index in [-0.39, 0.29) is 0 Å². The number of hydrogen-bond donors (Lipinski definition) is 1. The minimum atomic E-state index is 0.852. The van der Waals surface area contributed by atoms with Gasteiger partial charge in [-0.1, -0.05) is 334 Å². The van der Waals surface area contributed by atoms with E-state index >= 15 is 0 Å². The molecule has 0 aliphatic heterocycles. The van der Waals surface area contributed by atoms with Crippen LogP contribution in [0.2, 0.25) is 0 Å². The summed E-state index contributed by atoms with van der Waals surface area (Å²) in [7, 11) is 0. The van der Waals surface area contributed by atoms with Gasteiger partial charge in [-0.05, 0) is 158 Å². The van der Waals surface area contributed by atoms with Gasteiger partial charge < -0.3 is 4.98 Å². The van der Waals surface area contributed by atoms with Gasteiger partial charge in [-0.15, -0.1) is 11.3 Å². The lowest BCUT2D eigenvalue weighted by atomic mass is 9.95. The molecule has 0 atom stereocenters. The van der Waals surface area contributed by atoms with Crippen molar-refractivity contribution in [2.45, 2.75) is 6.42 Å². The summed E-state index contributed by atoms with van der Waals surface area (Å²) < 4.78 is 1.26. The first kappa shape index (κ1) is 64.0. The summed E-state index contributed by atoms with van der Waals surface area (Å²) >= 11 is 1.68. The Morgan fingerprint density at radius 1 is 0.267 bits per heavy atom. The Kier molecular flexibility index (Phi) is 19.7.